The predicted molar refractivity (Wildman–Crippen MR) is 331 cm³/mol. The molecule has 0 heterocycles. The van der Waals surface area contributed by atoms with E-state index < -0.39 is 12.1 Å². The molecular formula is C70H125NO3. The second-order valence-corrected chi connectivity index (χ2v) is 21.8. The lowest BCUT2D eigenvalue weighted by molar-refractivity contribution is -0.123. The standard InChI is InChI=1S/C70H125NO3/c1-3-5-7-9-11-13-15-17-19-21-23-25-27-28-29-30-31-32-33-34-35-36-37-38-39-40-41-42-44-46-48-50-52-54-56-58-60-62-64-66-70(74)71-68(67-72)69(73)65-63-61-59-57-55-53-51-49-47-45-43-26-24-22-20-18-16-14-12-10-8-6-4-2/h5,7,11,13,17,19,23,25,28-29,31-32,55,57,63,65,68-69,72-73H,3-4,6,8-10,12,14-16,18,20-22,24,26-27,30,33-54,56,58-62,64,66-67H2,1-2H3,(H,71,74)/b7-5-,13-11-,19-17-,25-23-,29-28-,32-31-,57-55+,65-63+. The third-order valence-corrected chi connectivity index (χ3v) is 14.6. The number of carbonyl (C=O) groups is 1. The molecule has 2 unspecified atom stereocenters. The van der Waals surface area contributed by atoms with E-state index >= 15 is 0 Å². The van der Waals surface area contributed by atoms with Crippen LogP contribution in [0.5, 0.6) is 0 Å². The maximum atomic E-state index is 12.5. The van der Waals surface area contributed by atoms with Crippen LogP contribution in [0.2, 0.25) is 0 Å². The van der Waals surface area contributed by atoms with Gasteiger partial charge in [-0.25, -0.2) is 0 Å². The van der Waals surface area contributed by atoms with E-state index in [4.69, 9.17) is 0 Å². The number of aliphatic hydroxyl groups is 2. The third-order valence-electron chi connectivity index (χ3n) is 14.6. The summed E-state index contributed by atoms with van der Waals surface area (Å²) >= 11 is 0. The molecule has 0 aromatic heterocycles. The van der Waals surface area contributed by atoms with E-state index in [0.29, 0.717) is 6.42 Å². The fraction of sp³-hybridized carbons (Fsp3) is 0.757. The maximum absolute atomic E-state index is 12.5. The van der Waals surface area contributed by atoms with Crippen LogP contribution in [0.1, 0.15) is 322 Å². The third kappa shape index (κ3) is 60.2. The van der Waals surface area contributed by atoms with Gasteiger partial charge in [0, 0.05) is 6.42 Å². The van der Waals surface area contributed by atoms with Gasteiger partial charge in [-0.3, -0.25) is 4.79 Å². The summed E-state index contributed by atoms with van der Waals surface area (Å²) in [7, 11) is 0. The van der Waals surface area contributed by atoms with E-state index in [-0.39, 0.29) is 12.5 Å². The molecule has 1 amide bonds. The number of hydrogen-bond donors (Lipinski definition) is 3. The highest BCUT2D eigenvalue weighted by molar-refractivity contribution is 5.76. The van der Waals surface area contributed by atoms with Crippen LogP contribution in [0.4, 0.5) is 0 Å². The van der Waals surface area contributed by atoms with Gasteiger partial charge in [0.2, 0.25) is 5.91 Å². The Hall–Kier alpha value is -2.69. The van der Waals surface area contributed by atoms with Crippen molar-refractivity contribution in [3.05, 3.63) is 97.2 Å². The van der Waals surface area contributed by atoms with Crippen molar-refractivity contribution < 1.29 is 15.0 Å². The van der Waals surface area contributed by atoms with Crippen LogP contribution in [0, 0.1) is 0 Å². The Bertz CT molecular complexity index is 1350. The highest BCUT2D eigenvalue weighted by atomic mass is 16.3. The minimum absolute atomic E-state index is 0.0709. The zero-order valence-corrected chi connectivity index (χ0v) is 49.3. The summed E-state index contributed by atoms with van der Waals surface area (Å²) in [4.78, 5) is 12.5. The van der Waals surface area contributed by atoms with Gasteiger partial charge < -0.3 is 15.5 Å². The Labute approximate surface area is 462 Å². The number of allylic oxidation sites excluding steroid dienone is 15. The van der Waals surface area contributed by atoms with E-state index in [1.54, 1.807) is 6.08 Å². The van der Waals surface area contributed by atoms with E-state index in [2.05, 4.69) is 104 Å². The molecule has 0 saturated carbocycles. The zero-order valence-electron chi connectivity index (χ0n) is 49.3. The van der Waals surface area contributed by atoms with Crippen LogP contribution in [0.3, 0.4) is 0 Å². The summed E-state index contributed by atoms with van der Waals surface area (Å²) in [6.07, 6.45) is 96.1. The summed E-state index contributed by atoms with van der Waals surface area (Å²) in [5.41, 5.74) is 0. The molecule has 0 rings (SSSR count). The number of carbonyl (C=O) groups excluding carboxylic acids is 1. The van der Waals surface area contributed by atoms with E-state index in [9.17, 15) is 15.0 Å². The minimum Gasteiger partial charge on any atom is -0.394 e. The van der Waals surface area contributed by atoms with Crippen molar-refractivity contribution in [2.75, 3.05) is 6.61 Å². The topological polar surface area (TPSA) is 69.6 Å². The summed E-state index contributed by atoms with van der Waals surface area (Å²) in [6, 6.07) is -0.643. The highest BCUT2D eigenvalue weighted by Gasteiger charge is 2.18. The summed E-state index contributed by atoms with van der Waals surface area (Å²) in [5.74, 6) is -0.0709. The van der Waals surface area contributed by atoms with Crippen molar-refractivity contribution in [2.45, 2.75) is 334 Å². The first-order valence-electron chi connectivity index (χ1n) is 32.5. The molecule has 0 radical (unpaired) electrons. The second-order valence-electron chi connectivity index (χ2n) is 21.8. The molecule has 0 aromatic carbocycles. The number of rotatable bonds is 59. The first-order valence-corrected chi connectivity index (χ1v) is 32.5. The molecule has 0 bridgehead atoms. The molecule has 428 valence electrons. The first kappa shape index (κ1) is 71.3. The lowest BCUT2D eigenvalue weighted by Gasteiger charge is -2.19. The van der Waals surface area contributed by atoms with Gasteiger partial charge in [-0.05, 0) is 83.5 Å². The molecule has 74 heavy (non-hydrogen) atoms. The molecule has 0 spiro atoms. The molecule has 4 heteroatoms. The van der Waals surface area contributed by atoms with Crippen molar-refractivity contribution >= 4 is 5.91 Å². The molecule has 2 atom stereocenters. The first-order chi connectivity index (χ1) is 36.7. The van der Waals surface area contributed by atoms with Crippen LogP contribution in [0.15, 0.2) is 97.2 Å². The van der Waals surface area contributed by atoms with Gasteiger partial charge in [-0.2, -0.15) is 0 Å². The van der Waals surface area contributed by atoms with Crippen LogP contribution in [-0.4, -0.2) is 34.9 Å². The Morgan fingerprint density at radius 1 is 0.338 bits per heavy atom. The summed E-state index contributed by atoms with van der Waals surface area (Å²) in [5, 5.41) is 23.2. The SMILES string of the molecule is CC/C=C\C/C=C\C/C=C\C/C=C\C/C=C\C/C=C\CCCCCCCCCCCCCCCCCCCCCCC(=O)NC(CO)C(O)/C=C/CC/C=C/CCCCCCCCCCCCCCCCCCC. The number of unbranched alkanes of at least 4 members (excludes halogenated alkanes) is 38. The average molecular weight is 1030 g/mol. The fourth-order valence-electron chi connectivity index (χ4n) is 9.67. The van der Waals surface area contributed by atoms with Gasteiger partial charge >= 0.3 is 0 Å². The van der Waals surface area contributed by atoms with Crippen LogP contribution >= 0.6 is 0 Å². The van der Waals surface area contributed by atoms with E-state index in [1.807, 2.05) is 6.08 Å². The highest BCUT2D eigenvalue weighted by Crippen LogP contribution is 2.17. The van der Waals surface area contributed by atoms with Crippen molar-refractivity contribution in [1.82, 2.24) is 5.32 Å². The number of hydrogen-bond acceptors (Lipinski definition) is 3. The second kappa shape index (κ2) is 64.6. The van der Waals surface area contributed by atoms with Crippen LogP contribution < -0.4 is 5.32 Å². The smallest absolute Gasteiger partial charge is 0.220 e. The quantitative estimate of drug-likeness (QED) is 0.0420. The maximum Gasteiger partial charge on any atom is 0.220 e. The lowest BCUT2D eigenvalue weighted by atomic mass is 10.0. The summed E-state index contributed by atoms with van der Waals surface area (Å²) < 4.78 is 0. The van der Waals surface area contributed by atoms with Crippen LogP contribution in [-0.2, 0) is 4.79 Å². The number of aliphatic hydroxyl groups excluding tert-OH is 2. The Morgan fingerprint density at radius 2 is 0.608 bits per heavy atom. The summed E-state index contributed by atoms with van der Waals surface area (Å²) in [6.45, 7) is 4.21. The molecule has 0 saturated heterocycles. The van der Waals surface area contributed by atoms with Gasteiger partial charge in [0.25, 0.3) is 0 Å². The molecule has 0 aliphatic carbocycles. The molecule has 3 N–H and O–H groups in total. The molecule has 0 aromatic rings. The van der Waals surface area contributed by atoms with Gasteiger partial charge in [0.1, 0.15) is 0 Å². The minimum atomic E-state index is -0.866. The Balaban J connectivity index is 3.49. The van der Waals surface area contributed by atoms with E-state index in [0.717, 1.165) is 70.6 Å². The molecular weight excluding hydrogens is 903 g/mol. The van der Waals surface area contributed by atoms with Crippen LogP contribution in [0.25, 0.3) is 0 Å². The van der Waals surface area contributed by atoms with Gasteiger partial charge in [0.15, 0.2) is 0 Å². The van der Waals surface area contributed by atoms with E-state index in [1.165, 1.54) is 231 Å². The van der Waals surface area contributed by atoms with Crippen molar-refractivity contribution in [3.8, 4) is 0 Å². The number of nitrogens with one attached hydrogen (secondary N) is 1. The average Bonchev–Trinajstić information content (AvgIpc) is 3.40. The monoisotopic (exact) mass is 1030 g/mol. The fourth-order valence-corrected chi connectivity index (χ4v) is 9.67. The Kier molecular flexibility index (Phi) is 62.2. The normalized spacial score (nSPS) is 13.4. The van der Waals surface area contributed by atoms with Crippen molar-refractivity contribution in [2.24, 2.45) is 0 Å². The molecule has 0 aliphatic heterocycles. The molecule has 4 nitrogen and oxygen atoms in total. The zero-order chi connectivity index (χ0) is 53.4. The molecule has 0 aliphatic rings. The Morgan fingerprint density at radius 3 is 0.946 bits per heavy atom. The largest absolute Gasteiger partial charge is 0.394 e. The lowest BCUT2D eigenvalue weighted by Crippen LogP contribution is -2.45. The van der Waals surface area contributed by atoms with Gasteiger partial charge in [-0.1, -0.05) is 329 Å². The van der Waals surface area contributed by atoms with Gasteiger partial charge in [0.05, 0.1) is 18.8 Å². The predicted octanol–water partition coefficient (Wildman–Crippen LogP) is 22.0. The number of amides is 1. The van der Waals surface area contributed by atoms with Crippen molar-refractivity contribution in [3.63, 3.8) is 0 Å². The van der Waals surface area contributed by atoms with Gasteiger partial charge in [-0.15, -0.1) is 0 Å². The molecule has 0 fully saturated rings. The van der Waals surface area contributed by atoms with Crippen molar-refractivity contribution in [1.29, 1.82) is 0 Å².